The zero-order chi connectivity index (χ0) is 18.9. The zero-order valence-electron chi connectivity index (χ0n) is 13.7. The van der Waals surface area contributed by atoms with Crippen molar-refractivity contribution in [3.05, 3.63) is 33.3 Å². The van der Waals surface area contributed by atoms with Gasteiger partial charge in [-0.2, -0.15) is 23.4 Å². The summed E-state index contributed by atoms with van der Waals surface area (Å²) >= 11 is 11.7. The summed E-state index contributed by atoms with van der Waals surface area (Å²) in [5.41, 5.74) is -0.624. The Bertz CT molecular complexity index is 784. The Balaban J connectivity index is 2.12. The molecular formula is C14H16Cl2F3N5O. The van der Waals surface area contributed by atoms with Gasteiger partial charge in [-0.05, 0) is 13.8 Å². The van der Waals surface area contributed by atoms with E-state index in [0.29, 0.717) is 17.3 Å². The van der Waals surface area contributed by atoms with Crippen LogP contribution in [0.3, 0.4) is 0 Å². The highest BCUT2D eigenvalue weighted by Crippen LogP contribution is 2.35. The number of hydrogen-bond acceptors (Lipinski definition) is 3. The Kier molecular flexibility index (Phi) is 5.68. The fraction of sp³-hybridized carbons (Fsp3) is 0.500. The minimum absolute atomic E-state index is 0.0732. The van der Waals surface area contributed by atoms with Gasteiger partial charge in [-0.25, -0.2) is 0 Å². The maximum Gasteiger partial charge on any atom is 0.436 e. The molecule has 0 bridgehead atoms. The number of likely N-dealkylation sites (N-methyl/N-ethyl adjacent to an activating group) is 1. The Morgan fingerprint density at radius 3 is 2.44 bits per heavy atom. The predicted molar refractivity (Wildman–Crippen MR) is 86.4 cm³/mol. The van der Waals surface area contributed by atoms with Crippen LogP contribution in [0.2, 0.25) is 10.0 Å². The van der Waals surface area contributed by atoms with Crippen molar-refractivity contribution < 1.29 is 18.0 Å². The average Bonchev–Trinajstić information content (AvgIpc) is 3.01. The van der Waals surface area contributed by atoms with Crippen LogP contribution < -0.4 is 0 Å². The largest absolute Gasteiger partial charge is 0.436 e. The van der Waals surface area contributed by atoms with E-state index in [1.54, 1.807) is 10.9 Å². The Hall–Kier alpha value is -1.74. The number of carbonyl (C=O) groups excluding carboxylic acids is 1. The second kappa shape index (κ2) is 7.25. The van der Waals surface area contributed by atoms with Crippen LogP contribution in [0.5, 0.6) is 0 Å². The second-order valence-corrected chi connectivity index (χ2v) is 6.22. The molecule has 25 heavy (non-hydrogen) atoms. The standard InChI is InChI=1S/C14H16Cl2F3N5O/c1-4-23-5-9(15)10(20-23)6-22(3)11(25)7-24-8(2)12(16)13(21-24)14(17,18)19/h5H,4,6-7H2,1-3H3. The normalized spacial score (nSPS) is 11.8. The van der Waals surface area contributed by atoms with Gasteiger partial charge in [0.1, 0.15) is 12.2 Å². The summed E-state index contributed by atoms with van der Waals surface area (Å²) in [5, 5.41) is 7.54. The van der Waals surface area contributed by atoms with E-state index in [2.05, 4.69) is 10.2 Å². The molecule has 0 aliphatic carbocycles. The number of aromatic nitrogens is 4. The van der Waals surface area contributed by atoms with Crippen molar-refractivity contribution >= 4 is 29.1 Å². The maximum atomic E-state index is 12.8. The molecule has 0 radical (unpaired) electrons. The van der Waals surface area contributed by atoms with Gasteiger partial charge in [-0.1, -0.05) is 23.2 Å². The first-order valence-corrected chi connectivity index (χ1v) is 8.06. The van der Waals surface area contributed by atoms with Crippen LogP contribution in [0, 0.1) is 6.92 Å². The minimum atomic E-state index is -4.68. The van der Waals surface area contributed by atoms with Crippen molar-refractivity contribution in [3.8, 4) is 0 Å². The number of rotatable bonds is 5. The lowest BCUT2D eigenvalue weighted by Gasteiger charge is -2.16. The van der Waals surface area contributed by atoms with Gasteiger partial charge in [0.05, 0.1) is 22.3 Å². The number of halogens is 5. The number of carbonyl (C=O) groups is 1. The van der Waals surface area contributed by atoms with E-state index in [9.17, 15) is 18.0 Å². The highest BCUT2D eigenvalue weighted by Gasteiger charge is 2.38. The van der Waals surface area contributed by atoms with Crippen molar-refractivity contribution in [2.75, 3.05) is 7.05 Å². The summed E-state index contributed by atoms with van der Waals surface area (Å²) < 4.78 is 41.0. The lowest BCUT2D eigenvalue weighted by atomic mass is 10.3. The van der Waals surface area contributed by atoms with Crippen LogP contribution in [0.15, 0.2) is 6.20 Å². The van der Waals surface area contributed by atoms with Crippen LogP contribution in [0.1, 0.15) is 24.0 Å². The summed E-state index contributed by atoms with van der Waals surface area (Å²) in [6.07, 6.45) is -3.04. The van der Waals surface area contributed by atoms with Crippen LogP contribution >= 0.6 is 23.2 Å². The summed E-state index contributed by atoms with van der Waals surface area (Å²) in [7, 11) is 1.51. The minimum Gasteiger partial charge on any atom is -0.338 e. The number of alkyl halides is 3. The number of hydrogen-bond donors (Lipinski definition) is 0. The number of aryl methyl sites for hydroxylation is 1. The third-order valence-electron chi connectivity index (χ3n) is 3.61. The van der Waals surface area contributed by atoms with Crippen LogP contribution in [0.25, 0.3) is 0 Å². The molecule has 138 valence electrons. The van der Waals surface area contributed by atoms with Crippen molar-refractivity contribution in [1.29, 1.82) is 0 Å². The number of nitrogens with zero attached hydrogens (tertiary/aromatic N) is 5. The summed E-state index contributed by atoms with van der Waals surface area (Å²) in [6.45, 7) is 3.65. The molecule has 2 aromatic rings. The third kappa shape index (κ3) is 4.27. The van der Waals surface area contributed by atoms with Gasteiger partial charge < -0.3 is 4.90 Å². The molecule has 0 saturated carbocycles. The summed E-state index contributed by atoms with van der Waals surface area (Å²) in [6, 6.07) is 0. The average molecular weight is 398 g/mol. The second-order valence-electron chi connectivity index (χ2n) is 5.43. The molecule has 0 N–H and O–H groups in total. The monoisotopic (exact) mass is 397 g/mol. The predicted octanol–water partition coefficient (Wildman–Crippen LogP) is 3.39. The van der Waals surface area contributed by atoms with Gasteiger partial charge in [-0.3, -0.25) is 14.2 Å². The summed E-state index contributed by atoms with van der Waals surface area (Å²) in [5.74, 6) is -0.446. The van der Waals surface area contributed by atoms with Crippen LogP contribution in [0.4, 0.5) is 13.2 Å². The molecule has 1 amide bonds. The number of amides is 1. The molecule has 11 heteroatoms. The molecule has 0 unspecified atom stereocenters. The van der Waals surface area contributed by atoms with E-state index in [1.165, 1.54) is 18.9 Å². The fourth-order valence-corrected chi connectivity index (χ4v) is 2.58. The molecule has 0 fully saturated rings. The van der Waals surface area contributed by atoms with Gasteiger partial charge in [0.25, 0.3) is 0 Å². The smallest absolute Gasteiger partial charge is 0.338 e. The SMILES string of the molecule is CCn1cc(Cl)c(CN(C)C(=O)Cn2nc(C(F)(F)F)c(Cl)c2C)n1. The Morgan fingerprint density at radius 2 is 1.96 bits per heavy atom. The first-order valence-electron chi connectivity index (χ1n) is 7.30. The first-order chi connectivity index (χ1) is 11.5. The maximum absolute atomic E-state index is 12.8. The molecule has 0 spiro atoms. The molecule has 0 atom stereocenters. The molecule has 2 aromatic heterocycles. The van der Waals surface area contributed by atoms with Crippen LogP contribution in [-0.2, 0) is 30.6 Å². The van der Waals surface area contributed by atoms with E-state index in [1.807, 2.05) is 6.92 Å². The zero-order valence-corrected chi connectivity index (χ0v) is 15.2. The lowest BCUT2D eigenvalue weighted by Crippen LogP contribution is -2.30. The van der Waals surface area contributed by atoms with Gasteiger partial charge in [0, 0.05) is 19.8 Å². The van der Waals surface area contributed by atoms with Crippen molar-refractivity contribution in [1.82, 2.24) is 24.5 Å². The first kappa shape index (κ1) is 19.6. The van der Waals surface area contributed by atoms with E-state index in [0.717, 1.165) is 4.68 Å². The van der Waals surface area contributed by atoms with E-state index in [4.69, 9.17) is 23.2 Å². The lowest BCUT2D eigenvalue weighted by molar-refractivity contribution is -0.142. The Morgan fingerprint density at radius 1 is 1.32 bits per heavy atom. The molecule has 2 heterocycles. The van der Waals surface area contributed by atoms with Crippen molar-refractivity contribution in [3.63, 3.8) is 0 Å². The van der Waals surface area contributed by atoms with Gasteiger partial charge in [0.2, 0.25) is 5.91 Å². The molecule has 2 rings (SSSR count). The van der Waals surface area contributed by atoms with Gasteiger partial charge in [-0.15, -0.1) is 0 Å². The molecule has 6 nitrogen and oxygen atoms in total. The summed E-state index contributed by atoms with van der Waals surface area (Å²) in [4.78, 5) is 13.6. The van der Waals surface area contributed by atoms with E-state index >= 15 is 0 Å². The molecular weight excluding hydrogens is 382 g/mol. The highest BCUT2D eigenvalue weighted by atomic mass is 35.5. The molecule has 0 aliphatic heterocycles. The van der Waals surface area contributed by atoms with Crippen molar-refractivity contribution in [2.45, 2.75) is 39.7 Å². The topological polar surface area (TPSA) is 56.0 Å². The van der Waals surface area contributed by atoms with Crippen LogP contribution in [-0.4, -0.2) is 37.4 Å². The molecule has 0 aliphatic rings. The van der Waals surface area contributed by atoms with Gasteiger partial charge in [0.15, 0.2) is 5.69 Å². The third-order valence-corrected chi connectivity index (χ3v) is 4.38. The van der Waals surface area contributed by atoms with Gasteiger partial charge >= 0.3 is 6.18 Å². The highest BCUT2D eigenvalue weighted by molar-refractivity contribution is 6.32. The van der Waals surface area contributed by atoms with E-state index < -0.39 is 22.8 Å². The fourth-order valence-electron chi connectivity index (χ4n) is 2.13. The van der Waals surface area contributed by atoms with E-state index in [-0.39, 0.29) is 18.8 Å². The van der Waals surface area contributed by atoms with Crippen molar-refractivity contribution in [2.24, 2.45) is 0 Å². The Labute approximate surface area is 152 Å². The quantitative estimate of drug-likeness (QED) is 0.776. The molecule has 0 saturated heterocycles. The molecule has 0 aromatic carbocycles.